The molecule has 26 heavy (non-hydrogen) atoms. The van der Waals surface area contributed by atoms with Crippen molar-refractivity contribution in [2.45, 2.75) is 38.8 Å². The van der Waals surface area contributed by atoms with E-state index in [1.165, 1.54) is 0 Å². The van der Waals surface area contributed by atoms with Crippen LogP contribution in [0, 0.1) is 0 Å². The van der Waals surface area contributed by atoms with Crippen LogP contribution in [0.15, 0.2) is 55.0 Å². The average molecular weight is 349 g/mol. The van der Waals surface area contributed by atoms with E-state index in [9.17, 15) is 4.79 Å². The Bertz CT molecular complexity index is 869. The lowest BCUT2D eigenvalue weighted by atomic mass is 10.1. The SMILES string of the molecule is CCc1c(C(=O)N2CCCC2Cn2cccn2)cnn1-c1ccccc1. The Hall–Kier alpha value is -2.89. The van der Waals surface area contributed by atoms with Crippen molar-refractivity contribution >= 4 is 5.91 Å². The molecular weight excluding hydrogens is 326 g/mol. The quantitative estimate of drug-likeness (QED) is 0.712. The molecule has 6 nitrogen and oxygen atoms in total. The van der Waals surface area contributed by atoms with Crippen molar-refractivity contribution in [2.24, 2.45) is 0 Å². The van der Waals surface area contributed by atoms with Crippen molar-refractivity contribution in [1.82, 2.24) is 24.5 Å². The largest absolute Gasteiger partial charge is 0.334 e. The number of likely N-dealkylation sites (tertiary alicyclic amines) is 1. The fourth-order valence-corrected chi connectivity index (χ4v) is 3.76. The van der Waals surface area contributed by atoms with E-state index < -0.39 is 0 Å². The summed E-state index contributed by atoms with van der Waals surface area (Å²) in [5, 5.41) is 8.79. The topological polar surface area (TPSA) is 56.0 Å². The van der Waals surface area contributed by atoms with Gasteiger partial charge in [0.2, 0.25) is 0 Å². The van der Waals surface area contributed by atoms with E-state index in [2.05, 4.69) is 17.1 Å². The third-order valence-electron chi connectivity index (χ3n) is 5.03. The van der Waals surface area contributed by atoms with Crippen molar-refractivity contribution in [3.05, 3.63) is 66.2 Å². The minimum atomic E-state index is 0.0821. The molecule has 0 radical (unpaired) electrons. The first kappa shape index (κ1) is 16.6. The highest BCUT2D eigenvalue weighted by Crippen LogP contribution is 2.24. The van der Waals surface area contributed by atoms with Crippen LogP contribution in [0.3, 0.4) is 0 Å². The molecule has 1 aromatic carbocycles. The fraction of sp³-hybridized carbons (Fsp3) is 0.350. The van der Waals surface area contributed by atoms with Crippen LogP contribution in [0.25, 0.3) is 5.69 Å². The van der Waals surface area contributed by atoms with E-state index in [0.717, 1.165) is 43.7 Å². The molecule has 1 atom stereocenters. The molecular formula is C20H23N5O. The predicted molar refractivity (Wildman–Crippen MR) is 99.2 cm³/mol. The van der Waals surface area contributed by atoms with Gasteiger partial charge in [0.1, 0.15) is 0 Å². The zero-order chi connectivity index (χ0) is 17.9. The summed E-state index contributed by atoms with van der Waals surface area (Å²) in [7, 11) is 0. The summed E-state index contributed by atoms with van der Waals surface area (Å²) in [6, 6.07) is 12.1. The van der Waals surface area contributed by atoms with Crippen molar-refractivity contribution in [1.29, 1.82) is 0 Å². The van der Waals surface area contributed by atoms with E-state index in [-0.39, 0.29) is 11.9 Å². The van der Waals surface area contributed by atoms with E-state index in [1.54, 1.807) is 12.4 Å². The molecule has 2 aromatic heterocycles. The normalized spacial score (nSPS) is 17.0. The average Bonchev–Trinajstić information content (AvgIpc) is 3.42. The second-order valence-corrected chi connectivity index (χ2v) is 6.63. The molecule has 3 aromatic rings. The molecule has 134 valence electrons. The van der Waals surface area contributed by atoms with Crippen LogP contribution in [0.2, 0.25) is 0 Å². The van der Waals surface area contributed by atoms with Gasteiger partial charge < -0.3 is 4.90 Å². The van der Waals surface area contributed by atoms with Crippen LogP contribution < -0.4 is 0 Å². The lowest BCUT2D eigenvalue weighted by Crippen LogP contribution is -2.38. The number of aromatic nitrogens is 4. The third kappa shape index (κ3) is 3.03. The molecule has 1 aliphatic rings. The molecule has 0 saturated carbocycles. The van der Waals surface area contributed by atoms with Gasteiger partial charge >= 0.3 is 0 Å². The summed E-state index contributed by atoms with van der Waals surface area (Å²) in [5.74, 6) is 0.0821. The molecule has 0 bridgehead atoms. The minimum Gasteiger partial charge on any atom is -0.334 e. The summed E-state index contributed by atoms with van der Waals surface area (Å²) in [6.07, 6.45) is 8.25. The first-order chi connectivity index (χ1) is 12.8. The number of benzene rings is 1. The van der Waals surface area contributed by atoms with Crippen LogP contribution in [-0.2, 0) is 13.0 Å². The molecule has 0 N–H and O–H groups in total. The van der Waals surface area contributed by atoms with Crippen LogP contribution in [-0.4, -0.2) is 43.0 Å². The Morgan fingerprint density at radius 2 is 2.04 bits per heavy atom. The van der Waals surface area contributed by atoms with E-state index in [4.69, 9.17) is 0 Å². The van der Waals surface area contributed by atoms with Crippen molar-refractivity contribution in [2.75, 3.05) is 6.54 Å². The van der Waals surface area contributed by atoms with Gasteiger partial charge in [-0.15, -0.1) is 0 Å². The Labute approximate surface area is 153 Å². The fourth-order valence-electron chi connectivity index (χ4n) is 3.76. The van der Waals surface area contributed by atoms with Crippen molar-refractivity contribution in [3.8, 4) is 5.69 Å². The molecule has 1 fully saturated rings. The first-order valence-corrected chi connectivity index (χ1v) is 9.18. The van der Waals surface area contributed by atoms with Gasteiger partial charge in [0, 0.05) is 18.9 Å². The maximum absolute atomic E-state index is 13.3. The van der Waals surface area contributed by atoms with Gasteiger partial charge in [0.05, 0.1) is 35.7 Å². The van der Waals surface area contributed by atoms with Gasteiger partial charge in [-0.25, -0.2) is 4.68 Å². The predicted octanol–water partition coefficient (Wildman–Crippen LogP) is 2.94. The highest BCUT2D eigenvalue weighted by Gasteiger charge is 2.32. The highest BCUT2D eigenvalue weighted by atomic mass is 16.2. The number of nitrogens with zero attached hydrogens (tertiary/aromatic N) is 5. The van der Waals surface area contributed by atoms with Gasteiger partial charge in [-0.3, -0.25) is 9.48 Å². The number of hydrogen-bond acceptors (Lipinski definition) is 3. The van der Waals surface area contributed by atoms with Crippen LogP contribution in [0.5, 0.6) is 0 Å². The Morgan fingerprint density at radius 1 is 1.19 bits per heavy atom. The molecule has 1 amide bonds. The summed E-state index contributed by atoms with van der Waals surface area (Å²) in [4.78, 5) is 15.2. The first-order valence-electron chi connectivity index (χ1n) is 9.18. The molecule has 1 unspecified atom stereocenters. The van der Waals surface area contributed by atoms with Gasteiger partial charge in [-0.2, -0.15) is 10.2 Å². The van der Waals surface area contributed by atoms with Crippen LogP contribution >= 0.6 is 0 Å². The van der Waals surface area contributed by atoms with Crippen molar-refractivity contribution < 1.29 is 4.79 Å². The summed E-state index contributed by atoms with van der Waals surface area (Å²) >= 11 is 0. The minimum absolute atomic E-state index is 0.0821. The molecule has 0 spiro atoms. The van der Waals surface area contributed by atoms with Crippen LogP contribution in [0.1, 0.15) is 35.8 Å². The molecule has 4 rings (SSSR count). The van der Waals surface area contributed by atoms with Gasteiger partial charge in [0.25, 0.3) is 5.91 Å². The Kier molecular flexibility index (Phi) is 4.56. The maximum atomic E-state index is 13.3. The number of carbonyl (C=O) groups excluding carboxylic acids is 1. The zero-order valence-corrected chi connectivity index (χ0v) is 15.0. The Morgan fingerprint density at radius 3 is 2.77 bits per heavy atom. The lowest BCUT2D eigenvalue weighted by Gasteiger charge is -2.24. The zero-order valence-electron chi connectivity index (χ0n) is 15.0. The smallest absolute Gasteiger partial charge is 0.257 e. The second kappa shape index (κ2) is 7.15. The monoisotopic (exact) mass is 349 g/mol. The van der Waals surface area contributed by atoms with E-state index in [0.29, 0.717) is 5.56 Å². The number of rotatable bonds is 5. The van der Waals surface area contributed by atoms with E-state index in [1.807, 2.05) is 56.9 Å². The maximum Gasteiger partial charge on any atom is 0.257 e. The highest BCUT2D eigenvalue weighted by molar-refractivity contribution is 5.95. The number of hydrogen-bond donors (Lipinski definition) is 0. The number of para-hydroxylation sites is 1. The molecule has 1 aliphatic heterocycles. The van der Waals surface area contributed by atoms with Crippen molar-refractivity contribution in [3.63, 3.8) is 0 Å². The van der Waals surface area contributed by atoms with Crippen LogP contribution in [0.4, 0.5) is 0 Å². The van der Waals surface area contributed by atoms with Gasteiger partial charge in [-0.1, -0.05) is 25.1 Å². The summed E-state index contributed by atoms with van der Waals surface area (Å²) in [5.41, 5.74) is 2.66. The molecule has 1 saturated heterocycles. The number of amides is 1. The summed E-state index contributed by atoms with van der Waals surface area (Å²) < 4.78 is 3.79. The molecule has 0 aliphatic carbocycles. The molecule has 3 heterocycles. The standard InChI is InChI=1S/C20H23N5O/c1-2-19-18(14-22-25(19)16-8-4-3-5-9-16)20(26)24-13-6-10-17(24)15-23-12-7-11-21-23/h3-5,7-9,11-12,14,17H,2,6,10,13,15H2,1H3. The Balaban J connectivity index is 1.60. The van der Waals surface area contributed by atoms with Gasteiger partial charge in [-0.05, 0) is 37.5 Å². The number of carbonyl (C=O) groups is 1. The third-order valence-corrected chi connectivity index (χ3v) is 5.03. The molecule has 6 heteroatoms. The second-order valence-electron chi connectivity index (χ2n) is 6.63. The summed E-state index contributed by atoms with van der Waals surface area (Å²) in [6.45, 7) is 3.61. The van der Waals surface area contributed by atoms with Gasteiger partial charge in [0.15, 0.2) is 0 Å². The lowest BCUT2D eigenvalue weighted by molar-refractivity contribution is 0.0720. The van der Waals surface area contributed by atoms with E-state index >= 15 is 0 Å².